The summed E-state index contributed by atoms with van der Waals surface area (Å²) < 4.78 is 0. The second-order valence-corrected chi connectivity index (χ2v) is 6.65. The molecule has 3 atom stereocenters. The van der Waals surface area contributed by atoms with E-state index in [-0.39, 0.29) is 0 Å². The lowest BCUT2D eigenvalue weighted by molar-refractivity contribution is 0.162. The molecule has 1 aromatic rings. The number of piperidine rings is 1. The van der Waals surface area contributed by atoms with Crippen LogP contribution in [0.2, 0.25) is 0 Å². The Morgan fingerprint density at radius 2 is 2.20 bits per heavy atom. The highest BCUT2D eigenvalue weighted by molar-refractivity contribution is 5.22. The molecule has 0 spiro atoms. The predicted octanol–water partition coefficient (Wildman–Crippen LogP) is 3.39. The van der Waals surface area contributed by atoms with E-state index in [4.69, 9.17) is 0 Å². The molecule has 1 fully saturated rings. The third-order valence-corrected chi connectivity index (χ3v) is 4.68. The Balaban J connectivity index is 1.74. The molecule has 1 saturated heterocycles. The lowest BCUT2D eigenvalue weighted by Gasteiger charge is -2.36. The Morgan fingerprint density at radius 1 is 1.40 bits per heavy atom. The summed E-state index contributed by atoms with van der Waals surface area (Å²) in [5.41, 5.74) is 2.84. The van der Waals surface area contributed by atoms with Crippen LogP contribution in [0.5, 0.6) is 0 Å². The van der Waals surface area contributed by atoms with E-state index >= 15 is 0 Å². The fourth-order valence-electron chi connectivity index (χ4n) is 3.18. The first kappa shape index (κ1) is 15.5. The summed E-state index contributed by atoms with van der Waals surface area (Å²) in [6, 6.07) is 10.9. The standard InChI is InChI=1S/C18H30N2/c1-14-6-5-7-17(12-14)9-8-15(2)19-18-10-11-20(4)16(3)13-18/h5-7,12,15-16,18-19H,8-11,13H2,1-4H3. The van der Waals surface area contributed by atoms with E-state index in [2.05, 4.69) is 62.3 Å². The van der Waals surface area contributed by atoms with E-state index in [9.17, 15) is 0 Å². The summed E-state index contributed by atoms with van der Waals surface area (Å²) in [6.45, 7) is 8.07. The fraction of sp³-hybridized carbons (Fsp3) is 0.667. The molecular formula is C18H30N2. The van der Waals surface area contributed by atoms with Crippen molar-refractivity contribution in [3.8, 4) is 0 Å². The molecular weight excluding hydrogens is 244 g/mol. The van der Waals surface area contributed by atoms with Gasteiger partial charge < -0.3 is 10.2 Å². The second-order valence-electron chi connectivity index (χ2n) is 6.65. The molecule has 0 aliphatic carbocycles. The summed E-state index contributed by atoms with van der Waals surface area (Å²) in [5.74, 6) is 0. The van der Waals surface area contributed by atoms with Crippen molar-refractivity contribution in [3.63, 3.8) is 0 Å². The number of hydrogen-bond acceptors (Lipinski definition) is 2. The van der Waals surface area contributed by atoms with Crippen molar-refractivity contribution in [2.45, 2.75) is 64.6 Å². The van der Waals surface area contributed by atoms with E-state index < -0.39 is 0 Å². The van der Waals surface area contributed by atoms with Crippen LogP contribution in [0.1, 0.15) is 44.2 Å². The van der Waals surface area contributed by atoms with Crippen LogP contribution >= 0.6 is 0 Å². The first-order chi connectivity index (χ1) is 9.54. The monoisotopic (exact) mass is 274 g/mol. The minimum absolute atomic E-state index is 0.608. The second kappa shape index (κ2) is 7.24. The number of aryl methyl sites for hydroxylation is 2. The van der Waals surface area contributed by atoms with Crippen LogP contribution in [-0.4, -0.2) is 36.6 Å². The molecule has 1 aliphatic rings. The largest absolute Gasteiger partial charge is 0.311 e. The smallest absolute Gasteiger partial charge is 0.00964 e. The SMILES string of the molecule is Cc1cccc(CCC(C)NC2CCN(C)C(C)C2)c1. The number of nitrogens with zero attached hydrogens (tertiary/aromatic N) is 1. The molecule has 0 aromatic heterocycles. The molecule has 0 radical (unpaired) electrons. The molecule has 0 bridgehead atoms. The summed E-state index contributed by atoms with van der Waals surface area (Å²) in [6.07, 6.45) is 4.98. The van der Waals surface area contributed by atoms with Gasteiger partial charge >= 0.3 is 0 Å². The van der Waals surface area contributed by atoms with Gasteiger partial charge in [0.25, 0.3) is 0 Å². The van der Waals surface area contributed by atoms with Gasteiger partial charge in [0.15, 0.2) is 0 Å². The molecule has 2 heteroatoms. The number of likely N-dealkylation sites (tertiary alicyclic amines) is 1. The van der Waals surface area contributed by atoms with Crippen LogP contribution in [0.25, 0.3) is 0 Å². The predicted molar refractivity (Wildman–Crippen MR) is 87.2 cm³/mol. The zero-order valence-corrected chi connectivity index (χ0v) is 13.5. The van der Waals surface area contributed by atoms with Gasteiger partial charge in [-0.25, -0.2) is 0 Å². The summed E-state index contributed by atoms with van der Waals surface area (Å²) in [7, 11) is 2.24. The number of rotatable bonds is 5. The third kappa shape index (κ3) is 4.60. The first-order valence-electron chi connectivity index (χ1n) is 8.06. The van der Waals surface area contributed by atoms with Crippen molar-refractivity contribution in [3.05, 3.63) is 35.4 Å². The number of hydrogen-bond donors (Lipinski definition) is 1. The van der Waals surface area contributed by atoms with E-state index in [1.807, 2.05) is 0 Å². The van der Waals surface area contributed by atoms with Gasteiger partial charge in [-0.2, -0.15) is 0 Å². The minimum atomic E-state index is 0.608. The van der Waals surface area contributed by atoms with Crippen molar-refractivity contribution in [1.29, 1.82) is 0 Å². The van der Waals surface area contributed by atoms with E-state index in [0.717, 1.165) is 0 Å². The maximum absolute atomic E-state index is 3.83. The third-order valence-electron chi connectivity index (χ3n) is 4.68. The lowest BCUT2D eigenvalue weighted by atomic mass is 9.97. The van der Waals surface area contributed by atoms with Gasteiger partial charge in [-0.3, -0.25) is 0 Å². The molecule has 20 heavy (non-hydrogen) atoms. The Morgan fingerprint density at radius 3 is 2.90 bits per heavy atom. The molecule has 1 aliphatic heterocycles. The molecule has 1 aromatic carbocycles. The van der Waals surface area contributed by atoms with Crippen molar-refractivity contribution in [2.75, 3.05) is 13.6 Å². The van der Waals surface area contributed by atoms with Gasteiger partial charge in [0.1, 0.15) is 0 Å². The van der Waals surface area contributed by atoms with E-state index in [1.54, 1.807) is 0 Å². The maximum Gasteiger partial charge on any atom is 0.00964 e. The van der Waals surface area contributed by atoms with Crippen molar-refractivity contribution in [2.24, 2.45) is 0 Å². The molecule has 2 rings (SSSR count). The Kier molecular flexibility index (Phi) is 5.62. The van der Waals surface area contributed by atoms with Crippen LogP contribution in [0.15, 0.2) is 24.3 Å². The first-order valence-corrected chi connectivity index (χ1v) is 8.06. The number of nitrogens with one attached hydrogen (secondary N) is 1. The lowest BCUT2D eigenvalue weighted by Crippen LogP contribution is -2.48. The van der Waals surface area contributed by atoms with Gasteiger partial charge in [0.2, 0.25) is 0 Å². The van der Waals surface area contributed by atoms with Crippen LogP contribution in [0, 0.1) is 6.92 Å². The van der Waals surface area contributed by atoms with Crippen molar-refractivity contribution >= 4 is 0 Å². The minimum Gasteiger partial charge on any atom is -0.311 e. The fourth-order valence-corrected chi connectivity index (χ4v) is 3.18. The highest BCUT2D eigenvalue weighted by Crippen LogP contribution is 2.16. The topological polar surface area (TPSA) is 15.3 Å². The average Bonchev–Trinajstić information content (AvgIpc) is 2.41. The molecule has 1 heterocycles. The summed E-state index contributed by atoms with van der Waals surface area (Å²) in [5, 5.41) is 3.83. The highest BCUT2D eigenvalue weighted by atomic mass is 15.1. The summed E-state index contributed by atoms with van der Waals surface area (Å²) in [4.78, 5) is 2.47. The molecule has 112 valence electrons. The van der Waals surface area contributed by atoms with Crippen LogP contribution in [0.3, 0.4) is 0 Å². The molecule has 1 N–H and O–H groups in total. The molecule has 0 saturated carbocycles. The van der Waals surface area contributed by atoms with Gasteiger partial charge in [0, 0.05) is 18.1 Å². The maximum atomic E-state index is 3.83. The zero-order chi connectivity index (χ0) is 14.5. The van der Waals surface area contributed by atoms with Crippen molar-refractivity contribution < 1.29 is 0 Å². The average molecular weight is 274 g/mol. The summed E-state index contributed by atoms with van der Waals surface area (Å²) >= 11 is 0. The van der Waals surface area contributed by atoms with Crippen LogP contribution in [0.4, 0.5) is 0 Å². The number of benzene rings is 1. The van der Waals surface area contributed by atoms with Gasteiger partial charge in [0.05, 0.1) is 0 Å². The Hall–Kier alpha value is -0.860. The quantitative estimate of drug-likeness (QED) is 0.885. The highest BCUT2D eigenvalue weighted by Gasteiger charge is 2.23. The van der Waals surface area contributed by atoms with Crippen molar-refractivity contribution in [1.82, 2.24) is 10.2 Å². The molecule has 2 nitrogen and oxygen atoms in total. The van der Waals surface area contributed by atoms with Gasteiger partial charge in [-0.15, -0.1) is 0 Å². The zero-order valence-electron chi connectivity index (χ0n) is 13.5. The Labute approximate surface area is 124 Å². The normalized spacial score (nSPS) is 25.6. The van der Waals surface area contributed by atoms with Crippen LogP contribution < -0.4 is 5.32 Å². The Bertz CT molecular complexity index is 416. The van der Waals surface area contributed by atoms with Gasteiger partial charge in [-0.1, -0.05) is 29.8 Å². The van der Waals surface area contributed by atoms with E-state index in [0.29, 0.717) is 18.1 Å². The molecule has 0 amide bonds. The van der Waals surface area contributed by atoms with Crippen LogP contribution in [-0.2, 0) is 6.42 Å². The molecule has 3 unspecified atom stereocenters. The van der Waals surface area contributed by atoms with E-state index in [1.165, 1.54) is 43.4 Å². The van der Waals surface area contributed by atoms with Gasteiger partial charge in [-0.05, 0) is 65.6 Å².